The first-order valence-corrected chi connectivity index (χ1v) is 12.2. The molecule has 11 heteroatoms. The molecule has 2 saturated carbocycles. The number of alkyl halides is 1. The second-order valence-corrected chi connectivity index (χ2v) is 11.3. The van der Waals surface area contributed by atoms with Crippen LogP contribution in [0, 0.1) is 28.6 Å². The van der Waals surface area contributed by atoms with E-state index < -0.39 is 48.7 Å². The minimum atomic E-state index is -5.36. The minimum absolute atomic E-state index is 0. The fourth-order valence-corrected chi connectivity index (χ4v) is 7.32. The first-order chi connectivity index (χ1) is 14.2. The SMILES string of the molecule is C[C@H]1C[C@H]2[C@@H]3C[C@H](F)C4=CC(=O)CC[C@]4(C)C3=CC[C@]2(C)[C@@]1(O)C(=O)COP(=O)([O-])[O-].[Na+].[Na+]. The number of carbonyl (C=O) groups is 2. The van der Waals surface area contributed by atoms with E-state index in [4.69, 9.17) is 0 Å². The zero-order valence-electron chi connectivity index (χ0n) is 19.9. The summed E-state index contributed by atoms with van der Waals surface area (Å²) in [5, 5.41) is 11.6. The van der Waals surface area contributed by atoms with Gasteiger partial charge in [0.2, 0.25) is 0 Å². The number of allylic oxidation sites excluding steroid dienone is 4. The number of ketones is 2. The third kappa shape index (κ3) is 4.66. The van der Waals surface area contributed by atoms with Gasteiger partial charge < -0.3 is 24.0 Å². The maximum absolute atomic E-state index is 15.3. The van der Waals surface area contributed by atoms with Gasteiger partial charge in [-0.15, -0.1) is 0 Å². The summed E-state index contributed by atoms with van der Waals surface area (Å²) in [6.07, 6.45) is 4.08. The molecule has 4 aliphatic carbocycles. The molecule has 0 aromatic rings. The van der Waals surface area contributed by atoms with E-state index in [0.717, 1.165) is 5.57 Å². The van der Waals surface area contributed by atoms with Crippen molar-refractivity contribution in [3.63, 3.8) is 0 Å². The molecule has 0 amide bonds. The van der Waals surface area contributed by atoms with Gasteiger partial charge in [-0.3, -0.25) is 9.59 Å². The van der Waals surface area contributed by atoms with Gasteiger partial charge in [0.05, 0.1) is 7.82 Å². The van der Waals surface area contributed by atoms with Crippen LogP contribution in [0.3, 0.4) is 0 Å². The second kappa shape index (κ2) is 9.94. The van der Waals surface area contributed by atoms with Gasteiger partial charge in [0.1, 0.15) is 18.4 Å². The van der Waals surface area contributed by atoms with Crippen LogP contribution in [0.1, 0.15) is 52.9 Å². The summed E-state index contributed by atoms with van der Waals surface area (Å²) >= 11 is 0. The van der Waals surface area contributed by atoms with Crippen LogP contribution in [0.25, 0.3) is 0 Å². The first-order valence-electron chi connectivity index (χ1n) is 10.8. The number of hydrogen-bond donors (Lipinski definition) is 1. The van der Waals surface area contributed by atoms with Crippen molar-refractivity contribution < 1.29 is 97.1 Å². The molecular weight excluding hydrogens is 472 g/mol. The van der Waals surface area contributed by atoms with Crippen LogP contribution < -0.4 is 68.9 Å². The number of aliphatic hydroxyl groups is 1. The van der Waals surface area contributed by atoms with Crippen LogP contribution in [-0.2, 0) is 18.7 Å². The summed E-state index contributed by atoms with van der Waals surface area (Å²) < 4.78 is 30.3. The third-order valence-corrected chi connectivity index (χ3v) is 9.13. The maximum Gasteiger partial charge on any atom is 1.00 e. The third-order valence-electron chi connectivity index (χ3n) is 8.68. The fourth-order valence-electron chi connectivity index (χ4n) is 7.05. The molecule has 0 saturated heterocycles. The molecule has 0 radical (unpaired) electrons. The minimum Gasteiger partial charge on any atom is -0.790 e. The topological polar surface area (TPSA) is 127 Å². The van der Waals surface area contributed by atoms with E-state index in [2.05, 4.69) is 4.52 Å². The summed E-state index contributed by atoms with van der Waals surface area (Å²) in [5.41, 5.74) is -1.78. The van der Waals surface area contributed by atoms with Crippen molar-refractivity contribution in [1.82, 2.24) is 0 Å². The zero-order chi connectivity index (χ0) is 23.0. The molecule has 4 aliphatic rings. The summed E-state index contributed by atoms with van der Waals surface area (Å²) in [6, 6.07) is 0. The molecule has 0 unspecified atom stereocenters. The van der Waals surface area contributed by atoms with Crippen LogP contribution in [0.5, 0.6) is 0 Å². The molecule has 0 heterocycles. The number of hydrogen-bond acceptors (Lipinski definition) is 7. The van der Waals surface area contributed by atoms with Gasteiger partial charge in [0, 0.05) is 17.3 Å². The number of fused-ring (bicyclic) bond motifs is 5. The summed E-state index contributed by atoms with van der Waals surface area (Å²) in [5.74, 6) is -1.80. The van der Waals surface area contributed by atoms with Crippen LogP contribution in [0.15, 0.2) is 23.3 Å². The van der Waals surface area contributed by atoms with Gasteiger partial charge in [-0.05, 0) is 55.1 Å². The summed E-state index contributed by atoms with van der Waals surface area (Å²) in [4.78, 5) is 46.5. The number of phosphoric acid groups is 1. The predicted octanol–water partition coefficient (Wildman–Crippen LogP) is -4.21. The molecule has 172 valence electrons. The Hall–Kier alpha value is 0.820. The van der Waals surface area contributed by atoms with Crippen molar-refractivity contribution in [3.8, 4) is 0 Å². The number of phosphoric ester groups is 1. The van der Waals surface area contributed by atoms with E-state index in [1.54, 1.807) is 13.8 Å². The van der Waals surface area contributed by atoms with Crippen molar-refractivity contribution in [2.45, 2.75) is 64.6 Å². The Bertz CT molecular complexity index is 949. The van der Waals surface area contributed by atoms with E-state index in [-0.39, 0.29) is 83.2 Å². The van der Waals surface area contributed by atoms with Gasteiger partial charge >= 0.3 is 59.1 Å². The Morgan fingerprint density at radius 1 is 1.27 bits per heavy atom. The van der Waals surface area contributed by atoms with Gasteiger partial charge in [-0.25, -0.2) is 4.39 Å². The van der Waals surface area contributed by atoms with E-state index in [1.165, 1.54) is 6.08 Å². The molecule has 0 bridgehead atoms. The Morgan fingerprint density at radius 3 is 2.52 bits per heavy atom. The molecule has 7 nitrogen and oxygen atoms in total. The average Bonchev–Trinajstić information content (AvgIpc) is 2.89. The van der Waals surface area contributed by atoms with E-state index >= 15 is 4.39 Å². The van der Waals surface area contributed by atoms with Gasteiger partial charge in [0.15, 0.2) is 11.6 Å². The Morgan fingerprint density at radius 2 is 1.91 bits per heavy atom. The van der Waals surface area contributed by atoms with Crippen LogP contribution >= 0.6 is 7.82 Å². The molecule has 0 spiro atoms. The van der Waals surface area contributed by atoms with Gasteiger partial charge in [-0.1, -0.05) is 32.4 Å². The van der Waals surface area contributed by atoms with Crippen molar-refractivity contribution in [3.05, 3.63) is 23.3 Å². The number of halogens is 1. The van der Waals surface area contributed by atoms with Crippen molar-refractivity contribution in [2.75, 3.05) is 6.61 Å². The molecule has 0 aromatic carbocycles. The second-order valence-electron chi connectivity index (χ2n) is 10.1. The van der Waals surface area contributed by atoms with Crippen LogP contribution in [-0.4, -0.2) is 35.1 Å². The van der Waals surface area contributed by atoms with Crippen molar-refractivity contribution in [1.29, 1.82) is 0 Å². The number of rotatable bonds is 4. The summed E-state index contributed by atoms with van der Waals surface area (Å²) in [6.45, 7) is 4.47. The number of Topliss-reactive ketones (excluding diaryl/α,β-unsaturated/α-hetero) is 1. The monoisotopic (exact) mass is 500 g/mol. The molecule has 4 rings (SSSR count). The predicted molar refractivity (Wildman–Crippen MR) is 105 cm³/mol. The smallest absolute Gasteiger partial charge is 0.790 e. The molecule has 7 atom stereocenters. The van der Waals surface area contributed by atoms with E-state index in [1.807, 2.05) is 13.0 Å². The van der Waals surface area contributed by atoms with E-state index in [9.17, 15) is 29.0 Å². The molecule has 2 fully saturated rings. The molecule has 1 N–H and O–H groups in total. The maximum atomic E-state index is 15.3. The zero-order valence-corrected chi connectivity index (χ0v) is 24.8. The Kier molecular flexibility index (Phi) is 9.05. The average molecular weight is 500 g/mol. The number of carbonyl (C=O) groups excluding carboxylic acids is 2. The molecule has 0 aliphatic heterocycles. The van der Waals surface area contributed by atoms with Gasteiger partial charge in [-0.2, -0.15) is 0 Å². The largest absolute Gasteiger partial charge is 1.00 e. The van der Waals surface area contributed by atoms with Gasteiger partial charge in [0.25, 0.3) is 0 Å². The van der Waals surface area contributed by atoms with Crippen molar-refractivity contribution in [2.24, 2.45) is 28.6 Å². The van der Waals surface area contributed by atoms with Crippen LogP contribution in [0.4, 0.5) is 4.39 Å². The summed E-state index contributed by atoms with van der Waals surface area (Å²) in [7, 11) is -5.36. The fraction of sp³-hybridized carbons (Fsp3) is 0.727. The van der Waals surface area contributed by atoms with E-state index in [0.29, 0.717) is 31.3 Å². The molecule has 33 heavy (non-hydrogen) atoms. The molecular formula is C22H28FNa2O7P. The quantitative estimate of drug-likeness (QED) is 0.236. The van der Waals surface area contributed by atoms with Crippen LogP contribution in [0.2, 0.25) is 0 Å². The molecule has 0 aromatic heterocycles. The van der Waals surface area contributed by atoms with Crippen molar-refractivity contribution >= 4 is 19.4 Å². The first kappa shape index (κ1) is 30.0. The Balaban J connectivity index is 0.00000193. The normalized spacial score (nSPS) is 42.0. The Labute approximate surface area is 237 Å². The standard InChI is InChI=1S/C22H30FO7P.2Na/c1-12-8-16-14-10-18(23)17-9-13(24)4-6-20(17,2)15(14)5-7-21(16,3)22(12,26)19(25)11-30-31(27,28)29;;/h5,9,12,14,16,18,26H,4,6-8,10-11H2,1-3H3,(H2,27,28,29);;/q;2*+1/p-2/t12-,14+,16-,18-,20+,21-,22-;;/m0../s1.